The van der Waals surface area contributed by atoms with Crippen LogP contribution in [-0.4, -0.2) is 43.8 Å². The number of hydrogen-bond donors (Lipinski definition) is 2. The Morgan fingerprint density at radius 2 is 1.77 bits per heavy atom. The number of benzene rings is 2. The van der Waals surface area contributed by atoms with E-state index in [1.165, 1.54) is 6.20 Å². The minimum Gasteiger partial charge on any atom is -0.334 e. The second kappa shape index (κ2) is 7.47. The molecule has 3 heterocycles. The zero-order chi connectivity index (χ0) is 20.5. The van der Waals surface area contributed by atoms with Gasteiger partial charge in [0.05, 0.1) is 17.8 Å². The first kappa shape index (κ1) is 18.1. The van der Waals surface area contributed by atoms with Crippen LogP contribution in [0.2, 0.25) is 0 Å². The summed E-state index contributed by atoms with van der Waals surface area (Å²) < 4.78 is 1.66. The third-order valence-electron chi connectivity index (χ3n) is 5.30. The molecule has 0 radical (unpaired) electrons. The molecule has 2 N–H and O–H groups in total. The highest BCUT2D eigenvalue weighted by Crippen LogP contribution is 2.25. The highest BCUT2D eigenvalue weighted by atomic mass is 16.2. The van der Waals surface area contributed by atoms with Gasteiger partial charge in [0.25, 0.3) is 5.56 Å². The summed E-state index contributed by atoms with van der Waals surface area (Å²) in [4.78, 5) is 34.1. The van der Waals surface area contributed by atoms with Crippen molar-refractivity contribution in [2.45, 2.75) is 12.5 Å². The van der Waals surface area contributed by atoms with Crippen LogP contribution in [0.25, 0.3) is 16.7 Å². The molecular formula is C22H20N6O2. The second-order valence-corrected chi connectivity index (χ2v) is 7.33. The molecule has 8 heteroatoms. The van der Waals surface area contributed by atoms with Gasteiger partial charge in [-0.15, -0.1) is 0 Å². The van der Waals surface area contributed by atoms with Crippen LogP contribution in [0.3, 0.4) is 0 Å². The number of aromatic nitrogens is 4. The molecule has 2 aromatic heterocycles. The van der Waals surface area contributed by atoms with Gasteiger partial charge in [0.2, 0.25) is 0 Å². The minimum absolute atomic E-state index is 0.0105. The van der Waals surface area contributed by atoms with E-state index in [-0.39, 0.29) is 17.5 Å². The molecule has 0 saturated carbocycles. The number of likely N-dealkylation sites (tertiary alicyclic amines) is 1. The first-order valence-electron chi connectivity index (χ1n) is 9.79. The molecule has 150 valence electrons. The van der Waals surface area contributed by atoms with E-state index >= 15 is 0 Å². The van der Waals surface area contributed by atoms with Crippen molar-refractivity contribution in [3.05, 3.63) is 88.6 Å². The third kappa shape index (κ3) is 3.32. The predicted octanol–water partition coefficient (Wildman–Crippen LogP) is 2.42. The van der Waals surface area contributed by atoms with Gasteiger partial charge in [0.15, 0.2) is 5.65 Å². The number of para-hydroxylation sites is 1. The first-order valence-corrected chi connectivity index (χ1v) is 9.79. The number of H-pyrrole nitrogens is 1. The summed E-state index contributed by atoms with van der Waals surface area (Å²) in [5.74, 6) is 0.570. The molecule has 5 rings (SSSR count). The number of fused-ring (bicyclic) bond motifs is 1. The van der Waals surface area contributed by atoms with E-state index in [1.807, 2.05) is 60.7 Å². The van der Waals surface area contributed by atoms with E-state index in [9.17, 15) is 9.59 Å². The van der Waals surface area contributed by atoms with Gasteiger partial charge >= 0.3 is 6.03 Å². The summed E-state index contributed by atoms with van der Waals surface area (Å²) in [6.07, 6.45) is 1.53. The van der Waals surface area contributed by atoms with Crippen LogP contribution in [0.15, 0.2) is 71.7 Å². The average Bonchev–Trinajstić information content (AvgIpc) is 3.17. The zero-order valence-electron chi connectivity index (χ0n) is 16.2. The van der Waals surface area contributed by atoms with E-state index < -0.39 is 0 Å². The Morgan fingerprint density at radius 1 is 1.07 bits per heavy atom. The molecule has 0 spiro atoms. The average molecular weight is 400 g/mol. The molecule has 1 aliphatic rings. The van der Waals surface area contributed by atoms with Crippen LogP contribution >= 0.6 is 0 Å². The van der Waals surface area contributed by atoms with Crippen molar-refractivity contribution in [2.75, 3.05) is 13.1 Å². The van der Waals surface area contributed by atoms with Gasteiger partial charge in [-0.2, -0.15) is 5.10 Å². The predicted molar refractivity (Wildman–Crippen MR) is 112 cm³/mol. The van der Waals surface area contributed by atoms with E-state index in [0.717, 1.165) is 11.3 Å². The van der Waals surface area contributed by atoms with Crippen molar-refractivity contribution < 1.29 is 4.79 Å². The molecule has 1 saturated heterocycles. The lowest BCUT2D eigenvalue weighted by Gasteiger charge is -2.38. The quantitative estimate of drug-likeness (QED) is 0.550. The van der Waals surface area contributed by atoms with Crippen molar-refractivity contribution in [2.24, 2.45) is 0 Å². The summed E-state index contributed by atoms with van der Waals surface area (Å²) in [7, 11) is 0. The maximum absolute atomic E-state index is 12.5. The zero-order valence-corrected chi connectivity index (χ0v) is 16.2. The maximum Gasteiger partial charge on any atom is 0.317 e. The lowest BCUT2D eigenvalue weighted by Crippen LogP contribution is -2.53. The molecule has 0 bridgehead atoms. The molecule has 8 nitrogen and oxygen atoms in total. The van der Waals surface area contributed by atoms with Gasteiger partial charge in [-0.05, 0) is 17.7 Å². The Kier molecular flexibility index (Phi) is 4.51. The summed E-state index contributed by atoms with van der Waals surface area (Å²) >= 11 is 0. The molecule has 1 fully saturated rings. The number of hydrogen-bond acceptors (Lipinski definition) is 4. The number of nitrogens with one attached hydrogen (secondary N) is 2. The van der Waals surface area contributed by atoms with Crippen molar-refractivity contribution in [1.29, 1.82) is 0 Å². The van der Waals surface area contributed by atoms with Crippen LogP contribution < -0.4 is 10.9 Å². The Morgan fingerprint density at radius 3 is 2.50 bits per heavy atom. The van der Waals surface area contributed by atoms with Crippen molar-refractivity contribution in [3.8, 4) is 5.69 Å². The topological polar surface area (TPSA) is 95.9 Å². The molecule has 2 amide bonds. The third-order valence-corrected chi connectivity index (χ3v) is 5.30. The van der Waals surface area contributed by atoms with E-state index in [1.54, 1.807) is 9.58 Å². The monoisotopic (exact) mass is 400 g/mol. The summed E-state index contributed by atoms with van der Waals surface area (Å²) in [5, 5.41) is 7.69. The van der Waals surface area contributed by atoms with Crippen LogP contribution in [0.1, 0.15) is 17.3 Å². The van der Waals surface area contributed by atoms with Crippen molar-refractivity contribution in [1.82, 2.24) is 30.0 Å². The Balaban J connectivity index is 1.30. The van der Waals surface area contributed by atoms with Crippen LogP contribution in [-0.2, 0) is 6.54 Å². The molecule has 30 heavy (non-hydrogen) atoms. The van der Waals surface area contributed by atoms with Crippen LogP contribution in [0, 0.1) is 0 Å². The molecule has 0 aliphatic carbocycles. The van der Waals surface area contributed by atoms with Crippen LogP contribution in [0.4, 0.5) is 4.79 Å². The van der Waals surface area contributed by atoms with Crippen molar-refractivity contribution in [3.63, 3.8) is 0 Å². The normalized spacial score (nSPS) is 13.9. The number of aromatic amines is 1. The highest BCUT2D eigenvalue weighted by Gasteiger charge is 2.34. The minimum atomic E-state index is -0.218. The fourth-order valence-electron chi connectivity index (χ4n) is 3.59. The summed E-state index contributed by atoms with van der Waals surface area (Å²) in [6, 6.07) is 19.2. The SMILES string of the molecule is O=C(NCc1ccccc1)N1CC(c2nc3c(cnn3-c3ccccc3)c(=O)[nH]2)C1. The van der Waals surface area contributed by atoms with Gasteiger partial charge in [-0.3, -0.25) is 4.79 Å². The summed E-state index contributed by atoms with van der Waals surface area (Å²) in [6.45, 7) is 1.50. The number of urea groups is 1. The smallest absolute Gasteiger partial charge is 0.317 e. The molecular weight excluding hydrogens is 380 g/mol. The molecule has 2 aromatic carbocycles. The largest absolute Gasteiger partial charge is 0.334 e. The number of amides is 2. The lowest BCUT2D eigenvalue weighted by molar-refractivity contribution is 0.148. The van der Waals surface area contributed by atoms with E-state index in [0.29, 0.717) is 36.5 Å². The fraction of sp³-hybridized carbons (Fsp3) is 0.182. The number of carbonyl (C=O) groups is 1. The summed E-state index contributed by atoms with van der Waals surface area (Å²) in [5.41, 5.74) is 2.19. The van der Waals surface area contributed by atoms with Gasteiger partial charge in [0.1, 0.15) is 11.2 Å². The Bertz CT molecular complexity index is 1240. The Labute approximate surface area is 172 Å². The molecule has 0 unspecified atom stereocenters. The number of rotatable bonds is 4. The van der Waals surface area contributed by atoms with E-state index in [4.69, 9.17) is 0 Å². The second-order valence-electron chi connectivity index (χ2n) is 7.33. The van der Waals surface area contributed by atoms with Gasteiger partial charge in [-0.25, -0.2) is 14.5 Å². The fourth-order valence-corrected chi connectivity index (χ4v) is 3.59. The van der Waals surface area contributed by atoms with Gasteiger partial charge in [0, 0.05) is 19.6 Å². The van der Waals surface area contributed by atoms with Gasteiger partial charge in [-0.1, -0.05) is 48.5 Å². The molecule has 4 aromatic rings. The van der Waals surface area contributed by atoms with E-state index in [2.05, 4.69) is 20.4 Å². The molecule has 0 atom stereocenters. The number of carbonyl (C=O) groups excluding carboxylic acids is 1. The maximum atomic E-state index is 12.5. The standard InChI is InChI=1S/C22H20N6O2/c29-21-18-12-24-28(17-9-5-2-6-10-17)20(18)25-19(26-21)16-13-27(14-16)22(30)23-11-15-7-3-1-4-8-15/h1-10,12,16H,11,13-14H2,(H,23,30)(H,25,26,29). The van der Waals surface area contributed by atoms with Crippen LogP contribution in [0.5, 0.6) is 0 Å². The van der Waals surface area contributed by atoms with Gasteiger partial charge < -0.3 is 15.2 Å². The first-order chi connectivity index (χ1) is 14.7. The van der Waals surface area contributed by atoms with Crippen molar-refractivity contribution >= 4 is 17.1 Å². The lowest BCUT2D eigenvalue weighted by atomic mass is 10.00. The number of nitrogens with zero attached hydrogens (tertiary/aromatic N) is 4. The highest BCUT2D eigenvalue weighted by molar-refractivity contribution is 5.76. The molecule has 1 aliphatic heterocycles. The Hall–Kier alpha value is -3.94.